The van der Waals surface area contributed by atoms with Gasteiger partial charge in [0, 0.05) is 32.7 Å². The fourth-order valence-corrected chi connectivity index (χ4v) is 2.86. The van der Waals surface area contributed by atoms with E-state index in [9.17, 15) is 9.59 Å². The van der Waals surface area contributed by atoms with Crippen molar-refractivity contribution < 1.29 is 14.3 Å². The highest BCUT2D eigenvalue weighted by atomic mass is 127. The van der Waals surface area contributed by atoms with E-state index in [1.54, 1.807) is 19.0 Å². The summed E-state index contributed by atoms with van der Waals surface area (Å²) in [4.78, 5) is 30.5. The lowest BCUT2D eigenvalue weighted by atomic mass is 10.1. The van der Waals surface area contributed by atoms with Crippen LogP contribution in [0, 0.1) is 5.92 Å². The molecule has 0 aliphatic carbocycles. The lowest BCUT2D eigenvalue weighted by Gasteiger charge is -2.25. The predicted octanol–water partition coefficient (Wildman–Crippen LogP) is 3.65. The van der Waals surface area contributed by atoms with Crippen molar-refractivity contribution in [2.75, 3.05) is 33.7 Å². The molecule has 0 fully saturated rings. The van der Waals surface area contributed by atoms with Gasteiger partial charge in [0.25, 0.3) is 5.91 Å². The van der Waals surface area contributed by atoms with Crippen LogP contribution in [0.2, 0.25) is 0 Å². The van der Waals surface area contributed by atoms with Gasteiger partial charge < -0.3 is 25.6 Å². The SMILES string of the molecule is CCNC(=NCC(NC(=O)OC(C)(C)C)C(C)C)NCCc1cccc(C(=O)N(C)C)c1.I. The molecule has 0 aliphatic rings. The summed E-state index contributed by atoms with van der Waals surface area (Å²) in [6.07, 6.45) is 0.319. The standard InChI is InChI=1S/C24H41N5O3.HI/c1-9-25-22(27-16-20(17(2)3)28-23(31)32-24(4,5)6)26-14-13-18-11-10-12-19(15-18)21(30)29(7)8;/h10-12,15,17,20H,9,13-14,16H2,1-8H3,(H,28,31)(H2,25,26,27);1H. The number of halogens is 1. The van der Waals surface area contributed by atoms with Crippen molar-refractivity contribution in [3.8, 4) is 0 Å². The number of ether oxygens (including phenoxy) is 1. The van der Waals surface area contributed by atoms with Crippen LogP contribution in [0.25, 0.3) is 0 Å². The number of hydrogen-bond donors (Lipinski definition) is 3. The number of guanidine groups is 1. The minimum absolute atomic E-state index is 0. The maximum absolute atomic E-state index is 12.2. The second kappa shape index (κ2) is 15.0. The third-order valence-corrected chi connectivity index (χ3v) is 4.58. The molecule has 0 spiro atoms. The van der Waals surface area contributed by atoms with Crippen LogP contribution in [0.15, 0.2) is 29.3 Å². The summed E-state index contributed by atoms with van der Waals surface area (Å²) in [6.45, 7) is 13.4. The zero-order chi connectivity index (χ0) is 24.3. The predicted molar refractivity (Wildman–Crippen MR) is 146 cm³/mol. The maximum Gasteiger partial charge on any atom is 0.407 e. The average molecular weight is 576 g/mol. The molecule has 1 atom stereocenters. The Balaban J connectivity index is 0.0000102. The van der Waals surface area contributed by atoms with Gasteiger partial charge in [-0.25, -0.2) is 4.79 Å². The molecule has 1 rings (SSSR count). The highest BCUT2D eigenvalue weighted by Crippen LogP contribution is 2.09. The molecule has 0 bridgehead atoms. The molecule has 188 valence electrons. The first-order valence-corrected chi connectivity index (χ1v) is 11.2. The van der Waals surface area contributed by atoms with Crippen molar-refractivity contribution in [3.63, 3.8) is 0 Å². The van der Waals surface area contributed by atoms with Crippen LogP contribution in [-0.4, -0.2) is 68.2 Å². The topological polar surface area (TPSA) is 95.1 Å². The van der Waals surface area contributed by atoms with Gasteiger partial charge in [-0.05, 0) is 57.7 Å². The monoisotopic (exact) mass is 575 g/mol. The van der Waals surface area contributed by atoms with E-state index in [-0.39, 0.29) is 41.8 Å². The minimum Gasteiger partial charge on any atom is -0.444 e. The number of benzene rings is 1. The smallest absolute Gasteiger partial charge is 0.407 e. The number of carbonyl (C=O) groups excluding carboxylic acids is 2. The third kappa shape index (κ3) is 12.7. The second-order valence-corrected chi connectivity index (χ2v) is 9.29. The number of aliphatic imine (C=N–C) groups is 1. The van der Waals surface area contributed by atoms with E-state index in [0.29, 0.717) is 24.6 Å². The fourth-order valence-electron chi connectivity index (χ4n) is 2.86. The third-order valence-electron chi connectivity index (χ3n) is 4.58. The molecule has 33 heavy (non-hydrogen) atoms. The number of nitrogens with zero attached hydrogens (tertiary/aromatic N) is 2. The Kier molecular flexibility index (Phi) is 14.1. The molecule has 0 radical (unpaired) electrons. The Morgan fingerprint density at radius 3 is 2.36 bits per heavy atom. The minimum atomic E-state index is -0.542. The Morgan fingerprint density at radius 1 is 1.15 bits per heavy atom. The van der Waals surface area contributed by atoms with Crippen molar-refractivity contribution in [3.05, 3.63) is 35.4 Å². The average Bonchev–Trinajstić information content (AvgIpc) is 2.68. The molecule has 0 heterocycles. The van der Waals surface area contributed by atoms with Gasteiger partial charge in [0.15, 0.2) is 5.96 Å². The summed E-state index contributed by atoms with van der Waals surface area (Å²) in [5, 5.41) is 9.48. The first-order valence-electron chi connectivity index (χ1n) is 11.2. The van der Waals surface area contributed by atoms with Gasteiger partial charge in [-0.3, -0.25) is 9.79 Å². The quantitative estimate of drug-likeness (QED) is 0.238. The van der Waals surface area contributed by atoms with Gasteiger partial charge in [-0.2, -0.15) is 0 Å². The van der Waals surface area contributed by atoms with Crippen LogP contribution in [0.3, 0.4) is 0 Å². The summed E-state index contributed by atoms with van der Waals surface area (Å²) in [5.74, 6) is 0.878. The molecule has 1 aromatic rings. The van der Waals surface area contributed by atoms with Crippen LogP contribution >= 0.6 is 24.0 Å². The molecule has 2 amide bonds. The lowest BCUT2D eigenvalue weighted by molar-refractivity contribution is 0.0493. The molecule has 0 saturated heterocycles. The Labute approximate surface area is 216 Å². The van der Waals surface area contributed by atoms with E-state index >= 15 is 0 Å². The number of carbonyl (C=O) groups is 2. The van der Waals surface area contributed by atoms with Gasteiger partial charge in [-0.15, -0.1) is 24.0 Å². The van der Waals surface area contributed by atoms with Gasteiger partial charge >= 0.3 is 6.09 Å². The normalized spacial score (nSPS) is 12.5. The zero-order valence-electron chi connectivity index (χ0n) is 21.3. The zero-order valence-corrected chi connectivity index (χ0v) is 23.7. The van der Waals surface area contributed by atoms with Gasteiger partial charge in [0.2, 0.25) is 0 Å². The number of alkyl carbamates (subject to hydrolysis) is 1. The molecule has 1 aromatic carbocycles. The summed E-state index contributed by atoms with van der Waals surface area (Å²) in [6, 6.07) is 7.52. The Hall–Kier alpha value is -2.04. The van der Waals surface area contributed by atoms with Crippen molar-refractivity contribution in [2.45, 2.75) is 59.6 Å². The number of nitrogens with one attached hydrogen (secondary N) is 3. The van der Waals surface area contributed by atoms with E-state index in [2.05, 4.69) is 20.9 Å². The van der Waals surface area contributed by atoms with E-state index in [1.165, 1.54) is 0 Å². The first-order chi connectivity index (χ1) is 14.9. The molecule has 0 aromatic heterocycles. The summed E-state index contributed by atoms with van der Waals surface area (Å²) >= 11 is 0. The van der Waals surface area contributed by atoms with Crippen LogP contribution < -0.4 is 16.0 Å². The van der Waals surface area contributed by atoms with Crippen molar-refractivity contribution >= 4 is 41.9 Å². The van der Waals surface area contributed by atoms with E-state index < -0.39 is 11.7 Å². The summed E-state index contributed by atoms with van der Waals surface area (Å²) < 4.78 is 5.37. The number of rotatable bonds is 9. The van der Waals surface area contributed by atoms with Crippen molar-refractivity contribution in [1.29, 1.82) is 0 Å². The first kappa shape index (κ1) is 31.0. The van der Waals surface area contributed by atoms with Crippen LogP contribution in [0.4, 0.5) is 4.79 Å². The van der Waals surface area contributed by atoms with Crippen LogP contribution in [0.1, 0.15) is 57.5 Å². The number of hydrogen-bond acceptors (Lipinski definition) is 4. The molecule has 1 unspecified atom stereocenters. The van der Waals surface area contributed by atoms with Gasteiger partial charge in [-0.1, -0.05) is 26.0 Å². The summed E-state index contributed by atoms with van der Waals surface area (Å²) in [7, 11) is 3.50. The maximum atomic E-state index is 12.2. The Bertz CT molecular complexity index is 776. The molecule has 0 aliphatic heterocycles. The van der Waals surface area contributed by atoms with Crippen LogP contribution in [-0.2, 0) is 11.2 Å². The highest BCUT2D eigenvalue weighted by molar-refractivity contribution is 14.0. The molecular formula is C24H42IN5O3. The van der Waals surface area contributed by atoms with Crippen molar-refractivity contribution in [2.24, 2.45) is 10.9 Å². The lowest BCUT2D eigenvalue weighted by Crippen LogP contribution is -2.45. The van der Waals surface area contributed by atoms with Gasteiger partial charge in [0.1, 0.15) is 5.60 Å². The largest absolute Gasteiger partial charge is 0.444 e. The summed E-state index contributed by atoms with van der Waals surface area (Å²) in [5.41, 5.74) is 1.22. The highest BCUT2D eigenvalue weighted by Gasteiger charge is 2.21. The molecule has 9 heteroatoms. The Morgan fingerprint density at radius 2 is 1.82 bits per heavy atom. The number of amides is 2. The van der Waals surface area contributed by atoms with E-state index in [0.717, 1.165) is 18.5 Å². The van der Waals surface area contributed by atoms with Gasteiger partial charge in [0.05, 0.1) is 12.6 Å². The second-order valence-electron chi connectivity index (χ2n) is 9.29. The molecular weight excluding hydrogens is 533 g/mol. The van der Waals surface area contributed by atoms with Crippen LogP contribution in [0.5, 0.6) is 0 Å². The fraction of sp³-hybridized carbons (Fsp3) is 0.625. The van der Waals surface area contributed by atoms with Crippen molar-refractivity contribution in [1.82, 2.24) is 20.9 Å². The molecule has 0 saturated carbocycles. The molecule has 8 nitrogen and oxygen atoms in total. The van der Waals surface area contributed by atoms with E-state index in [4.69, 9.17) is 4.74 Å². The molecule has 3 N–H and O–H groups in total. The van der Waals surface area contributed by atoms with E-state index in [1.807, 2.05) is 65.8 Å².